The molecule has 1 nitrogen and oxygen atoms in total. The van der Waals surface area contributed by atoms with Gasteiger partial charge in [0.1, 0.15) is 0 Å². The molecule has 0 radical (unpaired) electrons. The highest BCUT2D eigenvalue weighted by Gasteiger charge is 2.15. The van der Waals surface area contributed by atoms with Gasteiger partial charge in [0.25, 0.3) is 0 Å². The van der Waals surface area contributed by atoms with E-state index in [0.717, 1.165) is 12.5 Å². The van der Waals surface area contributed by atoms with E-state index in [0.29, 0.717) is 0 Å². The first kappa shape index (κ1) is 10.6. The van der Waals surface area contributed by atoms with Crippen LogP contribution in [0, 0.1) is 6.92 Å². The summed E-state index contributed by atoms with van der Waals surface area (Å²) >= 11 is 0. The Labute approximate surface area is 86.0 Å². The first-order valence-electron chi connectivity index (χ1n) is 4.63. The Bertz CT molecular complexity index is 267. The molecule has 1 atom stereocenters. The van der Waals surface area contributed by atoms with Crippen LogP contribution in [-0.4, -0.2) is 13.1 Å². The van der Waals surface area contributed by atoms with Gasteiger partial charge in [-0.3, -0.25) is 0 Å². The van der Waals surface area contributed by atoms with Crippen LogP contribution in [0.3, 0.4) is 0 Å². The number of nitrogens with one attached hydrogen (secondary N) is 1. The Hall–Kier alpha value is -0.530. The van der Waals surface area contributed by atoms with Crippen LogP contribution in [0.5, 0.6) is 0 Å². The zero-order chi connectivity index (χ0) is 8.39. The Morgan fingerprint density at radius 2 is 2.23 bits per heavy atom. The summed E-state index contributed by atoms with van der Waals surface area (Å²) in [5, 5.41) is 3.39. The fourth-order valence-electron chi connectivity index (χ4n) is 1.86. The van der Waals surface area contributed by atoms with Gasteiger partial charge in [-0.25, -0.2) is 0 Å². The van der Waals surface area contributed by atoms with Crippen LogP contribution in [-0.2, 0) is 0 Å². The van der Waals surface area contributed by atoms with E-state index in [1.165, 1.54) is 24.1 Å². The highest BCUT2D eigenvalue weighted by Crippen LogP contribution is 2.22. The lowest BCUT2D eigenvalue weighted by atomic mass is 9.97. The molecule has 1 aliphatic rings. The van der Waals surface area contributed by atoms with E-state index in [4.69, 9.17) is 0 Å². The third-order valence-corrected chi connectivity index (χ3v) is 2.57. The number of hydrogen-bond donors (Lipinski definition) is 1. The van der Waals surface area contributed by atoms with Gasteiger partial charge in [-0.1, -0.05) is 29.8 Å². The monoisotopic (exact) mass is 197 g/mol. The molecular formula is C11H16ClN. The second kappa shape index (κ2) is 4.64. The minimum atomic E-state index is 0. The van der Waals surface area contributed by atoms with Crippen molar-refractivity contribution >= 4 is 12.4 Å². The average molecular weight is 198 g/mol. The first-order chi connectivity index (χ1) is 5.86. The molecule has 72 valence electrons. The fourth-order valence-corrected chi connectivity index (χ4v) is 1.86. The smallest absolute Gasteiger partial charge is 0.00206 e. The van der Waals surface area contributed by atoms with E-state index in [-0.39, 0.29) is 12.4 Å². The number of halogens is 1. The van der Waals surface area contributed by atoms with Gasteiger partial charge < -0.3 is 5.32 Å². The second-order valence-corrected chi connectivity index (χ2v) is 3.60. The molecule has 0 aromatic heterocycles. The van der Waals surface area contributed by atoms with Crippen molar-refractivity contribution in [1.29, 1.82) is 0 Å². The van der Waals surface area contributed by atoms with E-state index in [9.17, 15) is 0 Å². The minimum Gasteiger partial charge on any atom is -0.316 e. The van der Waals surface area contributed by atoms with Crippen molar-refractivity contribution in [2.75, 3.05) is 13.1 Å². The highest BCUT2D eigenvalue weighted by molar-refractivity contribution is 5.85. The second-order valence-electron chi connectivity index (χ2n) is 3.60. The van der Waals surface area contributed by atoms with Gasteiger partial charge in [-0.15, -0.1) is 12.4 Å². The van der Waals surface area contributed by atoms with Crippen molar-refractivity contribution in [3.05, 3.63) is 35.4 Å². The van der Waals surface area contributed by atoms with E-state index >= 15 is 0 Å². The Kier molecular flexibility index (Phi) is 3.76. The molecule has 1 fully saturated rings. The predicted octanol–water partition coefficient (Wildman–Crippen LogP) is 2.49. The molecule has 13 heavy (non-hydrogen) atoms. The summed E-state index contributed by atoms with van der Waals surface area (Å²) in [6.45, 7) is 4.49. The van der Waals surface area contributed by atoms with Crippen LogP contribution >= 0.6 is 12.4 Å². The van der Waals surface area contributed by atoms with Crippen LogP contribution in [0.2, 0.25) is 0 Å². The zero-order valence-corrected chi connectivity index (χ0v) is 8.73. The van der Waals surface area contributed by atoms with Gasteiger partial charge in [0.05, 0.1) is 0 Å². The molecule has 1 aromatic rings. The quantitative estimate of drug-likeness (QED) is 0.730. The molecule has 0 amide bonds. The van der Waals surface area contributed by atoms with Crippen molar-refractivity contribution in [3.8, 4) is 0 Å². The molecule has 1 N–H and O–H groups in total. The molecule has 1 unspecified atom stereocenters. The number of benzene rings is 1. The Morgan fingerprint density at radius 1 is 1.38 bits per heavy atom. The molecule has 0 aliphatic carbocycles. The van der Waals surface area contributed by atoms with E-state index in [1.807, 2.05) is 0 Å². The van der Waals surface area contributed by atoms with Crippen LogP contribution in [0.15, 0.2) is 24.3 Å². The molecule has 1 aromatic carbocycles. The van der Waals surface area contributed by atoms with Gasteiger partial charge in [0, 0.05) is 6.54 Å². The van der Waals surface area contributed by atoms with Gasteiger partial charge in [-0.2, -0.15) is 0 Å². The van der Waals surface area contributed by atoms with Gasteiger partial charge in [0.15, 0.2) is 0 Å². The molecule has 0 saturated carbocycles. The third-order valence-electron chi connectivity index (χ3n) is 2.57. The molecule has 2 heteroatoms. The van der Waals surface area contributed by atoms with Crippen molar-refractivity contribution in [3.63, 3.8) is 0 Å². The summed E-state index contributed by atoms with van der Waals surface area (Å²) in [7, 11) is 0. The standard InChI is InChI=1S/C11H15N.ClH/c1-9-3-2-4-10(7-9)11-5-6-12-8-11;/h2-4,7,11-12H,5-6,8H2,1H3;1H. The predicted molar refractivity (Wildman–Crippen MR) is 58.7 cm³/mol. The van der Waals surface area contributed by atoms with Crippen LogP contribution < -0.4 is 5.32 Å². The van der Waals surface area contributed by atoms with Crippen LogP contribution in [0.4, 0.5) is 0 Å². The number of hydrogen-bond acceptors (Lipinski definition) is 1. The summed E-state index contributed by atoms with van der Waals surface area (Å²) in [6.07, 6.45) is 1.30. The van der Waals surface area contributed by atoms with E-state index in [2.05, 4.69) is 36.5 Å². The highest BCUT2D eigenvalue weighted by atomic mass is 35.5. The maximum Gasteiger partial charge on any atom is 0.00206 e. The fraction of sp³-hybridized carbons (Fsp3) is 0.455. The molecule has 1 saturated heterocycles. The van der Waals surface area contributed by atoms with Crippen molar-refractivity contribution < 1.29 is 0 Å². The SMILES string of the molecule is Cc1cccc(C2CCNC2)c1.Cl. The summed E-state index contributed by atoms with van der Waals surface area (Å²) in [6, 6.07) is 8.86. The zero-order valence-electron chi connectivity index (χ0n) is 7.92. The van der Waals surface area contributed by atoms with Gasteiger partial charge in [0.2, 0.25) is 0 Å². The maximum absolute atomic E-state index is 3.39. The van der Waals surface area contributed by atoms with Crippen LogP contribution in [0.25, 0.3) is 0 Å². The van der Waals surface area contributed by atoms with Crippen LogP contribution in [0.1, 0.15) is 23.5 Å². The average Bonchev–Trinajstić information content (AvgIpc) is 2.56. The first-order valence-corrected chi connectivity index (χ1v) is 4.63. The normalized spacial score (nSPS) is 21.2. The van der Waals surface area contributed by atoms with E-state index < -0.39 is 0 Å². The summed E-state index contributed by atoms with van der Waals surface area (Å²) < 4.78 is 0. The van der Waals surface area contributed by atoms with Gasteiger partial charge >= 0.3 is 0 Å². The molecule has 1 aliphatic heterocycles. The van der Waals surface area contributed by atoms with Crippen molar-refractivity contribution in [1.82, 2.24) is 5.32 Å². The third kappa shape index (κ3) is 2.45. The Balaban J connectivity index is 0.000000845. The number of rotatable bonds is 1. The molecular weight excluding hydrogens is 182 g/mol. The van der Waals surface area contributed by atoms with Crippen molar-refractivity contribution in [2.24, 2.45) is 0 Å². The topological polar surface area (TPSA) is 12.0 Å². The Morgan fingerprint density at radius 3 is 2.85 bits per heavy atom. The van der Waals surface area contributed by atoms with Gasteiger partial charge in [-0.05, 0) is 31.4 Å². The summed E-state index contributed by atoms with van der Waals surface area (Å²) in [4.78, 5) is 0. The lowest BCUT2D eigenvalue weighted by molar-refractivity contribution is 0.762. The maximum atomic E-state index is 3.39. The lowest BCUT2D eigenvalue weighted by Gasteiger charge is -2.08. The lowest BCUT2D eigenvalue weighted by Crippen LogP contribution is -2.07. The minimum absolute atomic E-state index is 0. The molecule has 1 heterocycles. The molecule has 0 bridgehead atoms. The number of aryl methyl sites for hydroxylation is 1. The largest absolute Gasteiger partial charge is 0.316 e. The summed E-state index contributed by atoms with van der Waals surface area (Å²) in [5.74, 6) is 0.755. The van der Waals surface area contributed by atoms with Crippen molar-refractivity contribution in [2.45, 2.75) is 19.3 Å². The van der Waals surface area contributed by atoms with E-state index in [1.54, 1.807) is 0 Å². The summed E-state index contributed by atoms with van der Waals surface area (Å²) in [5.41, 5.74) is 2.87. The molecule has 0 spiro atoms. The molecule has 2 rings (SSSR count).